The second-order valence-electron chi connectivity index (χ2n) is 11.3. The Labute approximate surface area is 176 Å². The summed E-state index contributed by atoms with van der Waals surface area (Å²) < 4.78 is 2.27. The molecule has 1 aliphatic heterocycles. The van der Waals surface area contributed by atoms with Crippen molar-refractivity contribution in [3.63, 3.8) is 0 Å². The summed E-state index contributed by atoms with van der Waals surface area (Å²) in [5.74, 6) is 0.211. The molecular weight excluding hydrogens is 360 g/mol. The van der Waals surface area contributed by atoms with Gasteiger partial charge in [-0.1, -0.05) is 98.6 Å². The zero-order valence-corrected chi connectivity index (χ0v) is 21.5. The fraction of sp³-hybridized carbons (Fsp3) is 0.917. The molecule has 1 amide bonds. The van der Waals surface area contributed by atoms with Crippen LogP contribution in [0.25, 0.3) is 0 Å². The van der Waals surface area contributed by atoms with Gasteiger partial charge < -0.3 is 4.57 Å². The van der Waals surface area contributed by atoms with Crippen LogP contribution in [0.1, 0.15) is 113 Å². The number of rotatable bonds is 11. The van der Waals surface area contributed by atoms with E-state index in [1.807, 2.05) is 0 Å². The van der Waals surface area contributed by atoms with E-state index in [1.165, 1.54) is 57.8 Å². The molecule has 0 radical (unpaired) electrons. The third-order valence-corrected chi connectivity index (χ3v) is 11.9. The normalized spacial score (nSPS) is 20.0. The maximum atomic E-state index is 13.0. The van der Waals surface area contributed by atoms with Gasteiger partial charge in [-0.05, 0) is 32.2 Å². The number of hydrogen-bond donors (Lipinski definition) is 0. The van der Waals surface area contributed by atoms with Gasteiger partial charge in [-0.2, -0.15) is 0 Å². The van der Waals surface area contributed by atoms with E-state index in [1.54, 1.807) is 0 Å². The van der Waals surface area contributed by atoms with Crippen molar-refractivity contribution in [3.8, 4) is 0 Å². The maximum absolute atomic E-state index is 13.0. The smallest absolute Gasteiger partial charge is 0.262 e. The van der Waals surface area contributed by atoms with Crippen LogP contribution >= 0.6 is 0 Å². The first-order chi connectivity index (χ1) is 12.8. The van der Waals surface area contributed by atoms with E-state index < -0.39 is 8.24 Å². The average molecular weight is 409 g/mol. The van der Waals surface area contributed by atoms with Crippen LogP contribution in [0.3, 0.4) is 0 Å². The number of β-lactam (4-membered cyclic amide) rings is 1. The van der Waals surface area contributed by atoms with E-state index in [2.05, 4.69) is 66.1 Å². The quantitative estimate of drug-likeness (QED) is 0.200. The molecule has 0 aromatic carbocycles. The number of carbonyl (C=O) groups excluding carboxylic acids is 1. The standard InChI is InChI=1S/C24H48N2OSi/c1-10-11-12-13-14-15-16-17-18-19-20-21(25-23(2,3)4)22(27)26(20)28(8,9)24(5,6)7/h20H,10-19H2,1-9H3. The van der Waals surface area contributed by atoms with Crippen molar-refractivity contribution in [1.82, 2.24) is 4.57 Å². The molecule has 164 valence electrons. The van der Waals surface area contributed by atoms with Gasteiger partial charge in [0.2, 0.25) is 0 Å². The summed E-state index contributed by atoms with van der Waals surface area (Å²) in [4.78, 5) is 17.9. The highest BCUT2D eigenvalue weighted by atomic mass is 28.3. The third kappa shape index (κ3) is 7.00. The maximum Gasteiger partial charge on any atom is 0.262 e. The van der Waals surface area contributed by atoms with E-state index in [4.69, 9.17) is 4.99 Å². The fourth-order valence-corrected chi connectivity index (χ4v) is 6.24. The number of aliphatic imine (C=N–C) groups is 1. The topological polar surface area (TPSA) is 32.7 Å². The molecule has 0 N–H and O–H groups in total. The lowest BCUT2D eigenvalue weighted by molar-refractivity contribution is -0.125. The summed E-state index contributed by atoms with van der Waals surface area (Å²) in [6, 6.07) is 0.247. The minimum atomic E-state index is -1.86. The van der Waals surface area contributed by atoms with Crippen LogP contribution < -0.4 is 0 Å². The SMILES string of the molecule is CCCCCCCCCCCC1C(=NC(C)(C)C)C(=O)N1[Si](C)(C)C(C)(C)C. The fourth-order valence-electron chi connectivity index (χ4n) is 3.87. The van der Waals surface area contributed by atoms with Crippen LogP contribution in [0.5, 0.6) is 0 Å². The first kappa shape index (κ1) is 25.4. The molecule has 1 rings (SSSR count). The summed E-state index contributed by atoms with van der Waals surface area (Å²) >= 11 is 0. The number of hydrogen-bond acceptors (Lipinski definition) is 2. The van der Waals surface area contributed by atoms with Crippen LogP contribution in [-0.2, 0) is 4.79 Å². The molecule has 0 bridgehead atoms. The molecule has 0 aromatic heterocycles. The van der Waals surface area contributed by atoms with Crippen molar-refractivity contribution in [3.05, 3.63) is 0 Å². The number of carbonyl (C=O) groups is 1. The van der Waals surface area contributed by atoms with Crippen molar-refractivity contribution in [2.75, 3.05) is 0 Å². The first-order valence-corrected chi connectivity index (χ1v) is 14.7. The molecule has 4 heteroatoms. The van der Waals surface area contributed by atoms with Crippen LogP contribution in [-0.4, -0.2) is 36.0 Å². The second-order valence-corrected chi connectivity index (χ2v) is 16.4. The van der Waals surface area contributed by atoms with Crippen molar-refractivity contribution in [1.29, 1.82) is 0 Å². The largest absolute Gasteiger partial charge is 0.356 e. The zero-order valence-electron chi connectivity index (χ0n) is 20.5. The summed E-state index contributed by atoms with van der Waals surface area (Å²) in [5, 5.41) is 0.173. The van der Waals surface area contributed by atoms with Gasteiger partial charge in [-0.15, -0.1) is 0 Å². The first-order valence-electron chi connectivity index (χ1n) is 11.8. The second kappa shape index (κ2) is 10.4. The van der Waals surface area contributed by atoms with Gasteiger partial charge in [0, 0.05) is 0 Å². The van der Waals surface area contributed by atoms with Gasteiger partial charge in [0.25, 0.3) is 5.91 Å². The average Bonchev–Trinajstić information content (AvgIpc) is 2.55. The van der Waals surface area contributed by atoms with E-state index in [9.17, 15) is 4.79 Å². The van der Waals surface area contributed by atoms with Crippen LogP contribution in [0.2, 0.25) is 18.1 Å². The Morgan fingerprint density at radius 3 is 1.75 bits per heavy atom. The van der Waals surface area contributed by atoms with Gasteiger partial charge in [0.15, 0.2) is 8.24 Å². The lowest BCUT2D eigenvalue weighted by Gasteiger charge is -2.55. The van der Waals surface area contributed by atoms with E-state index in [0.717, 1.165) is 12.1 Å². The van der Waals surface area contributed by atoms with Crippen LogP contribution in [0, 0.1) is 0 Å². The molecule has 1 aliphatic rings. The summed E-state index contributed by atoms with van der Waals surface area (Å²) in [5.41, 5.74) is 0.665. The molecule has 0 aromatic rings. The molecule has 28 heavy (non-hydrogen) atoms. The molecule has 1 fully saturated rings. The van der Waals surface area contributed by atoms with Crippen molar-refractivity contribution >= 4 is 19.9 Å². The van der Waals surface area contributed by atoms with Gasteiger partial charge in [-0.3, -0.25) is 9.79 Å². The molecule has 0 aliphatic carbocycles. The lowest BCUT2D eigenvalue weighted by atomic mass is 9.94. The molecule has 1 atom stereocenters. The van der Waals surface area contributed by atoms with E-state index in [-0.39, 0.29) is 22.5 Å². The Kier molecular flexibility index (Phi) is 9.44. The molecule has 0 saturated carbocycles. The number of amides is 1. The molecule has 1 heterocycles. The van der Waals surface area contributed by atoms with Crippen molar-refractivity contribution < 1.29 is 4.79 Å². The predicted octanol–water partition coefficient (Wildman–Crippen LogP) is 7.36. The van der Waals surface area contributed by atoms with E-state index in [0.29, 0.717) is 0 Å². The van der Waals surface area contributed by atoms with E-state index >= 15 is 0 Å². The highest BCUT2D eigenvalue weighted by Gasteiger charge is 2.55. The Bertz CT molecular complexity index is 526. The Balaban J connectivity index is 2.64. The highest BCUT2D eigenvalue weighted by molar-refractivity contribution is 6.83. The third-order valence-electron chi connectivity index (χ3n) is 6.54. The number of nitrogens with zero attached hydrogens (tertiary/aromatic N) is 2. The lowest BCUT2D eigenvalue weighted by Crippen LogP contribution is -2.73. The van der Waals surface area contributed by atoms with Gasteiger partial charge in [-0.25, -0.2) is 0 Å². The zero-order chi connectivity index (χ0) is 21.6. The Morgan fingerprint density at radius 1 is 0.857 bits per heavy atom. The molecule has 1 saturated heterocycles. The minimum absolute atomic E-state index is 0.173. The summed E-state index contributed by atoms with van der Waals surface area (Å²) in [6.45, 7) is 20.1. The predicted molar refractivity (Wildman–Crippen MR) is 127 cm³/mol. The monoisotopic (exact) mass is 408 g/mol. The van der Waals surface area contributed by atoms with Gasteiger partial charge in [0.1, 0.15) is 5.71 Å². The van der Waals surface area contributed by atoms with Gasteiger partial charge in [0.05, 0.1) is 11.6 Å². The van der Waals surface area contributed by atoms with Crippen molar-refractivity contribution in [2.45, 2.75) is 142 Å². The van der Waals surface area contributed by atoms with Gasteiger partial charge >= 0.3 is 0 Å². The summed E-state index contributed by atoms with van der Waals surface area (Å²) in [7, 11) is -1.86. The van der Waals surface area contributed by atoms with Crippen molar-refractivity contribution in [2.24, 2.45) is 4.99 Å². The van der Waals surface area contributed by atoms with Crippen LogP contribution in [0.4, 0.5) is 0 Å². The van der Waals surface area contributed by atoms with Crippen LogP contribution in [0.15, 0.2) is 4.99 Å². The molecule has 1 unspecified atom stereocenters. The molecule has 3 nitrogen and oxygen atoms in total. The highest BCUT2D eigenvalue weighted by Crippen LogP contribution is 2.43. The minimum Gasteiger partial charge on any atom is -0.356 e. The molecular formula is C24H48N2OSi. The number of unbranched alkanes of at least 4 members (excludes halogenated alkanes) is 8. The summed E-state index contributed by atoms with van der Waals surface area (Å²) in [6.07, 6.45) is 13.2. The molecule has 0 spiro atoms. The Morgan fingerprint density at radius 2 is 1.32 bits per heavy atom. The Hall–Kier alpha value is -0.643.